The third-order valence-corrected chi connectivity index (χ3v) is 14.1. The third-order valence-electron chi connectivity index (χ3n) is 14.1. The van der Waals surface area contributed by atoms with E-state index in [4.69, 9.17) is 18.9 Å². The van der Waals surface area contributed by atoms with Crippen LogP contribution in [-0.4, -0.2) is 87.4 Å². The van der Waals surface area contributed by atoms with E-state index in [2.05, 4.69) is 98.9 Å². The second-order valence-corrected chi connectivity index (χ2v) is 23.0. The summed E-state index contributed by atoms with van der Waals surface area (Å²) in [5.41, 5.74) is 0. The molecule has 0 bridgehead atoms. The molecule has 0 rings (SSSR count). The molecule has 9 heteroatoms. The van der Waals surface area contributed by atoms with Gasteiger partial charge < -0.3 is 28.5 Å². The van der Waals surface area contributed by atoms with Crippen molar-refractivity contribution in [1.29, 1.82) is 0 Å². The van der Waals surface area contributed by atoms with E-state index in [-0.39, 0.29) is 32.2 Å². The number of carboxylic acid groups (broad SMARTS) is 1. The number of aliphatic carboxylic acids is 1. The number of nitrogens with zero attached hydrogens (tertiary/aromatic N) is 1. The largest absolute Gasteiger partial charge is 0.477 e. The molecule has 0 amide bonds. The maximum atomic E-state index is 12.9. The zero-order chi connectivity index (χ0) is 57.6. The Hall–Kier alpha value is -3.53. The number of likely N-dealkylation sites (N-methyl/N-ethyl adjacent to an activating group) is 1. The number of ether oxygens (including phenoxy) is 4. The number of esters is 2. The first-order valence-electron chi connectivity index (χ1n) is 32.8. The van der Waals surface area contributed by atoms with Crippen LogP contribution in [0.5, 0.6) is 0 Å². The average molecular weight is 1110 g/mol. The van der Waals surface area contributed by atoms with E-state index in [0.717, 1.165) is 77.0 Å². The fourth-order valence-corrected chi connectivity index (χ4v) is 9.13. The van der Waals surface area contributed by atoms with Crippen molar-refractivity contribution in [3.63, 3.8) is 0 Å². The van der Waals surface area contributed by atoms with Crippen molar-refractivity contribution < 1.29 is 42.9 Å². The van der Waals surface area contributed by atoms with E-state index in [1.807, 2.05) is 21.1 Å². The molecule has 0 aromatic heterocycles. The molecule has 79 heavy (non-hydrogen) atoms. The van der Waals surface area contributed by atoms with E-state index < -0.39 is 24.3 Å². The topological polar surface area (TPSA) is 108 Å². The quantitative estimate of drug-likeness (QED) is 0.0211. The summed E-state index contributed by atoms with van der Waals surface area (Å²) in [6.45, 7) is 4.79. The molecule has 0 heterocycles. The van der Waals surface area contributed by atoms with Gasteiger partial charge in [0.05, 0.1) is 34.4 Å². The highest BCUT2D eigenvalue weighted by Crippen LogP contribution is 2.17. The molecule has 0 radical (unpaired) electrons. The summed E-state index contributed by atoms with van der Waals surface area (Å²) in [5.74, 6) is -2.00. The lowest BCUT2D eigenvalue weighted by molar-refractivity contribution is -0.870. The Bertz CT molecular complexity index is 1570. The molecule has 2 atom stereocenters. The number of unbranched alkanes of at least 4 members (excludes halogenated alkanes) is 31. The zero-order valence-electron chi connectivity index (χ0n) is 52.0. The molecule has 456 valence electrons. The molecule has 0 aromatic rings. The first-order chi connectivity index (χ1) is 38.6. The van der Waals surface area contributed by atoms with E-state index in [1.165, 1.54) is 180 Å². The summed E-state index contributed by atoms with van der Waals surface area (Å²) in [4.78, 5) is 37.5. The molecule has 0 saturated heterocycles. The number of carbonyl (C=O) groups excluding carboxylic acids is 2. The van der Waals surface area contributed by atoms with Crippen LogP contribution in [0.2, 0.25) is 0 Å². The number of carboxylic acids is 1. The highest BCUT2D eigenvalue weighted by atomic mass is 16.7. The normalized spacial score (nSPS) is 13.3. The molecule has 2 unspecified atom stereocenters. The summed E-state index contributed by atoms with van der Waals surface area (Å²) < 4.78 is 22.9. The average Bonchev–Trinajstić information content (AvgIpc) is 3.42. The summed E-state index contributed by atoms with van der Waals surface area (Å²) in [6.07, 6.45) is 78.2. The smallest absolute Gasteiger partial charge is 0.361 e. The number of hydrogen-bond donors (Lipinski definition) is 1. The van der Waals surface area contributed by atoms with Gasteiger partial charge in [0.25, 0.3) is 6.29 Å². The predicted molar refractivity (Wildman–Crippen MR) is 336 cm³/mol. The minimum Gasteiger partial charge on any atom is -0.477 e. The van der Waals surface area contributed by atoms with Gasteiger partial charge in [-0.3, -0.25) is 9.59 Å². The second kappa shape index (κ2) is 60.6. The fraction of sp³-hybridized carbons (Fsp3) is 0.757. The van der Waals surface area contributed by atoms with Crippen LogP contribution in [0.1, 0.15) is 284 Å². The van der Waals surface area contributed by atoms with Crippen LogP contribution in [0.4, 0.5) is 0 Å². The van der Waals surface area contributed by atoms with Crippen molar-refractivity contribution >= 4 is 17.9 Å². The highest BCUT2D eigenvalue weighted by Gasteiger charge is 2.25. The lowest BCUT2D eigenvalue weighted by Gasteiger charge is -2.25. The summed E-state index contributed by atoms with van der Waals surface area (Å²) in [5, 5.41) is 9.73. The fourth-order valence-electron chi connectivity index (χ4n) is 9.13. The van der Waals surface area contributed by atoms with Gasteiger partial charge in [-0.15, -0.1) is 0 Å². The first kappa shape index (κ1) is 75.5. The Labute approximate surface area is 487 Å². The van der Waals surface area contributed by atoms with E-state index in [9.17, 15) is 19.5 Å². The van der Waals surface area contributed by atoms with Gasteiger partial charge in [0.15, 0.2) is 6.10 Å². The predicted octanol–water partition coefficient (Wildman–Crippen LogP) is 19.9. The van der Waals surface area contributed by atoms with Crippen LogP contribution >= 0.6 is 0 Å². The van der Waals surface area contributed by atoms with Gasteiger partial charge in [-0.2, -0.15) is 0 Å². The van der Waals surface area contributed by atoms with Gasteiger partial charge in [0, 0.05) is 12.8 Å². The van der Waals surface area contributed by atoms with E-state index in [0.29, 0.717) is 17.4 Å². The van der Waals surface area contributed by atoms with E-state index in [1.54, 1.807) is 0 Å². The van der Waals surface area contributed by atoms with Gasteiger partial charge in [-0.1, -0.05) is 266 Å². The van der Waals surface area contributed by atoms with E-state index >= 15 is 0 Å². The Morgan fingerprint density at radius 3 is 1.09 bits per heavy atom. The number of rotatable bonds is 60. The van der Waals surface area contributed by atoms with Gasteiger partial charge in [0.2, 0.25) is 0 Å². The maximum absolute atomic E-state index is 12.9. The highest BCUT2D eigenvalue weighted by molar-refractivity contribution is 5.71. The lowest BCUT2D eigenvalue weighted by atomic mass is 10.0. The molecule has 0 spiro atoms. The van der Waals surface area contributed by atoms with Gasteiger partial charge >= 0.3 is 17.9 Å². The molecule has 0 aliphatic carbocycles. The van der Waals surface area contributed by atoms with Gasteiger partial charge in [-0.25, -0.2) is 4.79 Å². The lowest BCUT2D eigenvalue weighted by Crippen LogP contribution is -2.40. The molecular formula is C70H124NO8+. The third kappa shape index (κ3) is 61.9. The molecule has 0 aliphatic rings. The van der Waals surface area contributed by atoms with Crippen LogP contribution in [0.25, 0.3) is 0 Å². The molecule has 0 saturated carbocycles. The maximum Gasteiger partial charge on any atom is 0.361 e. The van der Waals surface area contributed by atoms with Crippen LogP contribution in [0.15, 0.2) is 85.1 Å². The van der Waals surface area contributed by atoms with Crippen LogP contribution in [0.3, 0.4) is 0 Å². The van der Waals surface area contributed by atoms with Crippen molar-refractivity contribution in [3.8, 4) is 0 Å². The van der Waals surface area contributed by atoms with Crippen LogP contribution in [-0.2, 0) is 33.3 Å². The number of quaternary nitrogens is 1. The van der Waals surface area contributed by atoms with Gasteiger partial charge in [-0.05, 0) is 89.9 Å². The zero-order valence-corrected chi connectivity index (χ0v) is 52.0. The monoisotopic (exact) mass is 1110 g/mol. The SMILES string of the molecule is CC/C=C\C/C=C\C/C=C\C/C=C\C/C=C\C/C=C\CCCCCCCCCCCCCCCCC(=O)OC(COC(=O)CCCCCCCCCCC/C=C\CCCCCCCCCC)COC(OCC[N+](C)(C)C)C(=O)O. The van der Waals surface area contributed by atoms with Crippen LogP contribution in [0, 0.1) is 0 Å². The second-order valence-electron chi connectivity index (χ2n) is 23.0. The van der Waals surface area contributed by atoms with Crippen molar-refractivity contribution in [2.45, 2.75) is 296 Å². The Balaban J connectivity index is 4.15. The summed E-state index contributed by atoms with van der Waals surface area (Å²) in [7, 11) is 5.97. The molecule has 9 nitrogen and oxygen atoms in total. The van der Waals surface area contributed by atoms with Crippen molar-refractivity contribution in [2.75, 3.05) is 47.5 Å². The molecule has 1 N–H and O–H groups in total. The number of carbonyl (C=O) groups is 3. The number of allylic oxidation sites excluding steroid dienone is 14. The molecular weight excluding hydrogens is 983 g/mol. The Morgan fingerprint density at radius 1 is 0.392 bits per heavy atom. The molecule has 0 fully saturated rings. The minimum atomic E-state index is -1.51. The van der Waals surface area contributed by atoms with Crippen molar-refractivity contribution in [1.82, 2.24) is 0 Å². The number of hydrogen-bond acceptors (Lipinski definition) is 7. The minimum absolute atomic E-state index is 0.184. The Morgan fingerprint density at radius 2 is 0.722 bits per heavy atom. The Kier molecular flexibility index (Phi) is 57.9. The van der Waals surface area contributed by atoms with Crippen LogP contribution < -0.4 is 0 Å². The first-order valence-corrected chi connectivity index (χ1v) is 32.8. The molecule has 0 aliphatic heterocycles. The summed E-state index contributed by atoms with van der Waals surface area (Å²) in [6, 6.07) is 0. The van der Waals surface area contributed by atoms with Crippen molar-refractivity contribution in [3.05, 3.63) is 85.1 Å². The standard InChI is InChI=1S/C70H123NO8/c1-6-8-10-12-14-16-18-20-22-24-26-28-29-30-31-32-33-34-35-36-37-38-39-41-43-45-47-49-51-53-55-57-59-61-68(73)79-66(65-78-70(69(74)75)76-63-62-71(3,4)5)64-77-67(72)60-58-56-54-52-50-48-46-44-42-40-27-25-23-21-19-17-15-13-11-9-7-2/h8,10,14,16,20,22,25-28,30-31,33-34,66,70H,6-7,9,11-13,15,17-19,21,23-24,29,32,35-65H2,1-5H3/p+1/b10-8-,16-14-,22-20-,27-25-,28-26-,31-30-,34-33-. The van der Waals surface area contributed by atoms with Gasteiger partial charge in [0.1, 0.15) is 13.2 Å². The molecule has 0 aromatic carbocycles. The van der Waals surface area contributed by atoms with Crippen molar-refractivity contribution in [2.24, 2.45) is 0 Å². The summed E-state index contributed by atoms with van der Waals surface area (Å²) >= 11 is 0.